The average molecular weight is 497 g/mol. The van der Waals surface area contributed by atoms with Crippen molar-refractivity contribution < 1.29 is 9.47 Å². The number of hydrogen-bond acceptors (Lipinski definition) is 8. The molecule has 0 aliphatic carbocycles. The summed E-state index contributed by atoms with van der Waals surface area (Å²) in [5.74, 6) is 1.16. The van der Waals surface area contributed by atoms with Crippen molar-refractivity contribution in [2.24, 2.45) is 0 Å². The number of aryl methyl sites for hydroxylation is 2. The maximum Gasteiger partial charge on any atom is 0.264 e. The van der Waals surface area contributed by atoms with Crippen LogP contribution >= 0.6 is 0 Å². The zero-order valence-electron chi connectivity index (χ0n) is 21.4. The molecule has 9 heteroatoms. The Kier molecular flexibility index (Phi) is 7.89. The van der Waals surface area contributed by atoms with E-state index in [4.69, 9.17) is 14.5 Å². The SMILES string of the molecule is CCCCc1nc(C)n(-c2nc(OC)cc(OC)n2)c(=O)c1Cc1ccc(-c2ccccc2C#N)cn1. The quantitative estimate of drug-likeness (QED) is 0.338. The zero-order chi connectivity index (χ0) is 26.4. The van der Waals surface area contributed by atoms with E-state index in [-0.39, 0.29) is 23.3 Å². The Morgan fingerprint density at radius 3 is 2.38 bits per heavy atom. The molecule has 0 saturated heterocycles. The van der Waals surface area contributed by atoms with Gasteiger partial charge in [0.1, 0.15) is 5.82 Å². The van der Waals surface area contributed by atoms with Crippen LogP contribution in [-0.4, -0.2) is 38.7 Å². The second-order valence-corrected chi connectivity index (χ2v) is 8.45. The third-order valence-corrected chi connectivity index (χ3v) is 6.02. The molecule has 0 radical (unpaired) electrons. The largest absolute Gasteiger partial charge is 0.481 e. The summed E-state index contributed by atoms with van der Waals surface area (Å²) in [6, 6.07) is 14.9. The van der Waals surface area contributed by atoms with Crippen LogP contribution in [0.15, 0.2) is 53.5 Å². The van der Waals surface area contributed by atoms with Crippen LogP contribution in [0.1, 0.15) is 48.1 Å². The summed E-state index contributed by atoms with van der Waals surface area (Å²) in [5.41, 5.74) is 3.99. The highest BCUT2D eigenvalue weighted by Crippen LogP contribution is 2.23. The molecule has 0 atom stereocenters. The van der Waals surface area contributed by atoms with Gasteiger partial charge in [0.15, 0.2) is 0 Å². The van der Waals surface area contributed by atoms with Gasteiger partial charge < -0.3 is 9.47 Å². The molecule has 0 bridgehead atoms. The van der Waals surface area contributed by atoms with Gasteiger partial charge in [0.05, 0.1) is 37.6 Å². The summed E-state index contributed by atoms with van der Waals surface area (Å²) < 4.78 is 11.9. The molecule has 0 aliphatic rings. The summed E-state index contributed by atoms with van der Waals surface area (Å²) in [7, 11) is 2.98. The molecule has 0 fully saturated rings. The molecule has 0 aliphatic heterocycles. The summed E-state index contributed by atoms with van der Waals surface area (Å²) in [4.78, 5) is 32.0. The van der Waals surface area contributed by atoms with Crippen molar-refractivity contribution in [2.45, 2.75) is 39.5 Å². The van der Waals surface area contributed by atoms with E-state index in [1.807, 2.05) is 30.3 Å². The topological polar surface area (TPSA) is 116 Å². The van der Waals surface area contributed by atoms with Crippen LogP contribution in [0.3, 0.4) is 0 Å². The van der Waals surface area contributed by atoms with Gasteiger partial charge in [-0.05, 0) is 31.9 Å². The molecule has 0 unspecified atom stereocenters. The first-order chi connectivity index (χ1) is 18.0. The maximum atomic E-state index is 13.8. The van der Waals surface area contributed by atoms with Crippen molar-refractivity contribution in [3.63, 3.8) is 0 Å². The number of nitrogens with zero attached hydrogens (tertiary/aromatic N) is 6. The molecule has 188 valence electrons. The molecule has 0 spiro atoms. The van der Waals surface area contributed by atoms with Gasteiger partial charge in [-0.15, -0.1) is 0 Å². The lowest BCUT2D eigenvalue weighted by atomic mass is 10.0. The summed E-state index contributed by atoms with van der Waals surface area (Å²) in [6.07, 6.45) is 4.59. The van der Waals surface area contributed by atoms with Crippen molar-refractivity contribution >= 4 is 0 Å². The van der Waals surface area contributed by atoms with Crippen LogP contribution in [0.5, 0.6) is 11.8 Å². The number of benzene rings is 1. The molecule has 4 aromatic rings. The van der Waals surface area contributed by atoms with Gasteiger partial charge in [0.25, 0.3) is 5.56 Å². The Labute approximate surface area is 215 Å². The van der Waals surface area contributed by atoms with Crippen molar-refractivity contribution in [2.75, 3.05) is 14.2 Å². The number of nitriles is 1. The second kappa shape index (κ2) is 11.4. The van der Waals surface area contributed by atoms with E-state index in [1.165, 1.54) is 18.8 Å². The van der Waals surface area contributed by atoms with Crippen LogP contribution in [0.2, 0.25) is 0 Å². The van der Waals surface area contributed by atoms with Crippen LogP contribution in [0.25, 0.3) is 17.1 Å². The van der Waals surface area contributed by atoms with E-state index in [1.54, 1.807) is 25.3 Å². The number of hydrogen-bond donors (Lipinski definition) is 0. The minimum atomic E-state index is -0.255. The van der Waals surface area contributed by atoms with Crippen LogP contribution in [0, 0.1) is 18.3 Å². The fourth-order valence-corrected chi connectivity index (χ4v) is 4.09. The molecule has 3 heterocycles. The highest BCUT2D eigenvalue weighted by Gasteiger charge is 2.19. The van der Waals surface area contributed by atoms with E-state index < -0.39 is 0 Å². The van der Waals surface area contributed by atoms with Crippen molar-refractivity contribution in [3.05, 3.63) is 87.4 Å². The highest BCUT2D eigenvalue weighted by molar-refractivity contribution is 5.69. The van der Waals surface area contributed by atoms with E-state index in [9.17, 15) is 10.1 Å². The smallest absolute Gasteiger partial charge is 0.264 e. The molecule has 3 aromatic heterocycles. The number of ether oxygens (including phenoxy) is 2. The van der Waals surface area contributed by atoms with Gasteiger partial charge in [-0.25, -0.2) is 9.55 Å². The molecule has 1 aromatic carbocycles. The molecular weight excluding hydrogens is 468 g/mol. The Morgan fingerprint density at radius 2 is 1.76 bits per heavy atom. The highest BCUT2D eigenvalue weighted by atomic mass is 16.5. The Morgan fingerprint density at radius 1 is 1.03 bits per heavy atom. The van der Waals surface area contributed by atoms with Gasteiger partial charge in [-0.3, -0.25) is 9.78 Å². The first-order valence-corrected chi connectivity index (χ1v) is 12.0. The van der Waals surface area contributed by atoms with Gasteiger partial charge >= 0.3 is 0 Å². The molecule has 37 heavy (non-hydrogen) atoms. The number of methoxy groups -OCH3 is 2. The summed E-state index contributed by atoms with van der Waals surface area (Å²) in [5, 5.41) is 9.43. The fraction of sp³-hybridized carbons (Fsp3) is 0.286. The van der Waals surface area contributed by atoms with Crippen molar-refractivity contribution in [1.82, 2.24) is 24.5 Å². The van der Waals surface area contributed by atoms with Crippen LogP contribution < -0.4 is 15.0 Å². The third kappa shape index (κ3) is 5.48. The van der Waals surface area contributed by atoms with E-state index >= 15 is 0 Å². The lowest BCUT2D eigenvalue weighted by molar-refractivity contribution is 0.370. The lowest BCUT2D eigenvalue weighted by Gasteiger charge is -2.15. The number of aromatic nitrogens is 5. The first kappa shape index (κ1) is 25.5. The standard InChI is InChI=1S/C28H28N6O3/c1-5-6-11-24-23(14-21-13-12-20(17-30-21)22-10-8-7-9-19(22)16-29)27(35)34(18(2)31-24)28-32-25(36-3)15-26(33-28)37-4/h7-10,12-13,15,17H,5-6,11,14H2,1-4H3. The first-order valence-electron chi connectivity index (χ1n) is 12.0. The van der Waals surface area contributed by atoms with Crippen LogP contribution in [0.4, 0.5) is 0 Å². The van der Waals surface area contributed by atoms with Gasteiger partial charge in [-0.1, -0.05) is 37.6 Å². The minimum Gasteiger partial charge on any atom is -0.481 e. The normalized spacial score (nSPS) is 10.7. The molecular formula is C28H28N6O3. The van der Waals surface area contributed by atoms with Crippen LogP contribution in [-0.2, 0) is 12.8 Å². The average Bonchev–Trinajstić information content (AvgIpc) is 2.93. The van der Waals surface area contributed by atoms with Crippen molar-refractivity contribution in [3.8, 4) is 34.9 Å². The Hall–Kier alpha value is -4.58. The van der Waals surface area contributed by atoms with Gasteiger partial charge in [0, 0.05) is 35.0 Å². The molecule has 4 rings (SSSR count). The predicted octanol–water partition coefficient (Wildman–Crippen LogP) is 4.22. The minimum absolute atomic E-state index is 0.130. The molecule has 9 nitrogen and oxygen atoms in total. The predicted molar refractivity (Wildman–Crippen MR) is 139 cm³/mol. The number of unbranched alkanes of at least 4 members (excludes halogenated alkanes) is 1. The monoisotopic (exact) mass is 496 g/mol. The molecule has 0 amide bonds. The Bertz CT molecular complexity index is 1480. The third-order valence-electron chi connectivity index (χ3n) is 6.02. The molecule has 0 saturated carbocycles. The van der Waals surface area contributed by atoms with E-state index in [0.29, 0.717) is 29.8 Å². The Balaban J connectivity index is 1.78. The summed E-state index contributed by atoms with van der Waals surface area (Å²) in [6.45, 7) is 3.86. The fourth-order valence-electron chi connectivity index (χ4n) is 4.09. The molecule has 0 N–H and O–H groups in total. The summed E-state index contributed by atoms with van der Waals surface area (Å²) >= 11 is 0. The van der Waals surface area contributed by atoms with E-state index in [0.717, 1.165) is 35.4 Å². The van der Waals surface area contributed by atoms with Crippen molar-refractivity contribution in [1.29, 1.82) is 5.26 Å². The number of pyridine rings is 1. The zero-order valence-corrected chi connectivity index (χ0v) is 21.4. The van der Waals surface area contributed by atoms with Gasteiger partial charge in [0.2, 0.25) is 17.7 Å². The maximum absolute atomic E-state index is 13.8. The number of rotatable bonds is 9. The van der Waals surface area contributed by atoms with E-state index in [2.05, 4.69) is 27.9 Å². The second-order valence-electron chi connectivity index (χ2n) is 8.45. The lowest BCUT2D eigenvalue weighted by Crippen LogP contribution is -2.30. The van der Waals surface area contributed by atoms with Gasteiger partial charge in [-0.2, -0.15) is 15.2 Å².